The number of rotatable bonds is 8. The lowest BCUT2D eigenvalue weighted by Gasteiger charge is -2.12. The molecule has 1 saturated heterocycles. The Labute approximate surface area is 105 Å². The van der Waals surface area contributed by atoms with E-state index >= 15 is 0 Å². The summed E-state index contributed by atoms with van der Waals surface area (Å²) in [7, 11) is 0. The third kappa shape index (κ3) is 5.53. The van der Waals surface area contributed by atoms with Gasteiger partial charge in [0, 0.05) is 6.61 Å². The highest BCUT2D eigenvalue weighted by Crippen LogP contribution is 2.17. The summed E-state index contributed by atoms with van der Waals surface area (Å²) >= 11 is 0. The van der Waals surface area contributed by atoms with E-state index in [2.05, 4.69) is 0 Å². The van der Waals surface area contributed by atoms with Crippen molar-refractivity contribution in [2.24, 2.45) is 5.92 Å². The van der Waals surface area contributed by atoms with Crippen LogP contribution in [0, 0.1) is 5.92 Å². The topological polar surface area (TPSA) is 35.5 Å². The molecule has 0 aromatic rings. The van der Waals surface area contributed by atoms with E-state index in [0.717, 1.165) is 38.7 Å². The van der Waals surface area contributed by atoms with E-state index in [-0.39, 0.29) is 11.9 Å². The van der Waals surface area contributed by atoms with Crippen LogP contribution < -0.4 is 0 Å². The maximum Gasteiger partial charge on any atom is 0.308 e. The van der Waals surface area contributed by atoms with E-state index < -0.39 is 0 Å². The molecule has 0 aromatic heterocycles. The van der Waals surface area contributed by atoms with Gasteiger partial charge in [-0.25, -0.2) is 0 Å². The zero-order valence-corrected chi connectivity index (χ0v) is 11.2. The summed E-state index contributed by atoms with van der Waals surface area (Å²) in [4.78, 5) is 11.6. The number of hydrogen-bond donors (Lipinski definition) is 0. The molecule has 0 saturated carbocycles. The molecule has 1 aliphatic heterocycles. The Morgan fingerprint density at radius 1 is 1.35 bits per heavy atom. The summed E-state index contributed by atoms with van der Waals surface area (Å²) in [5.41, 5.74) is 0. The molecule has 100 valence electrons. The molecule has 0 amide bonds. The number of carbonyl (C=O) groups is 1. The van der Waals surface area contributed by atoms with Crippen molar-refractivity contribution in [3.63, 3.8) is 0 Å². The molecule has 1 atom stereocenters. The highest BCUT2D eigenvalue weighted by Gasteiger charge is 2.16. The molecule has 0 bridgehead atoms. The molecule has 1 rings (SSSR count). The van der Waals surface area contributed by atoms with E-state index in [9.17, 15) is 4.79 Å². The van der Waals surface area contributed by atoms with Crippen molar-refractivity contribution in [2.45, 2.75) is 64.9 Å². The van der Waals surface area contributed by atoms with Gasteiger partial charge in [-0.1, -0.05) is 13.8 Å². The van der Waals surface area contributed by atoms with Gasteiger partial charge in [-0.2, -0.15) is 0 Å². The first-order chi connectivity index (χ1) is 8.27. The van der Waals surface area contributed by atoms with Crippen molar-refractivity contribution in [3.05, 3.63) is 0 Å². The fraction of sp³-hybridized carbons (Fsp3) is 0.929. The van der Waals surface area contributed by atoms with Crippen molar-refractivity contribution >= 4 is 5.97 Å². The fourth-order valence-electron chi connectivity index (χ4n) is 2.26. The number of esters is 1. The Hall–Kier alpha value is -0.570. The summed E-state index contributed by atoms with van der Waals surface area (Å²) in [6, 6.07) is 0. The average molecular weight is 242 g/mol. The highest BCUT2D eigenvalue weighted by atomic mass is 16.5. The molecule has 1 heterocycles. The molecule has 0 aromatic carbocycles. The molecule has 17 heavy (non-hydrogen) atoms. The van der Waals surface area contributed by atoms with Crippen LogP contribution >= 0.6 is 0 Å². The van der Waals surface area contributed by atoms with Crippen molar-refractivity contribution < 1.29 is 14.3 Å². The van der Waals surface area contributed by atoms with Crippen LogP contribution in [0.2, 0.25) is 0 Å². The zero-order valence-electron chi connectivity index (χ0n) is 11.2. The number of hydrogen-bond acceptors (Lipinski definition) is 3. The molecule has 0 aliphatic carbocycles. The maximum atomic E-state index is 11.6. The van der Waals surface area contributed by atoms with E-state index in [4.69, 9.17) is 9.47 Å². The Kier molecular flexibility index (Phi) is 7.25. The van der Waals surface area contributed by atoms with E-state index in [1.165, 1.54) is 12.8 Å². The maximum absolute atomic E-state index is 11.6. The molecule has 1 fully saturated rings. The first-order valence-electron chi connectivity index (χ1n) is 7.06. The molecular weight excluding hydrogens is 216 g/mol. The number of carbonyl (C=O) groups excluding carboxylic acids is 1. The van der Waals surface area contributed by atoms with Crippen LogP contribution in [0.25, 0.3) is 0 Å². The number of ether oxygens (including phenoxy) is 2. The largest absolute Gasteiger partial charge is 0.465 e. The SMILES string of the molecule is CCC(CC)C(=O)OCCCCC1CCCO1. The van der Waals surface area contributed by atoms with Gasteiger partial charge in [0.2, 0.25) is 0 Å². The highest BCUT2D eigenvalue weighted by molar-refractivity contribution is 5.72. The predicted molar refractivity (Wildman–Crippen MR) is 67.9 cm³/mol. The zero-order chi connectivity index (χ0) is 12.5. The van der Waals surface area contributed by atoms with Crippen LogP contribution in [0.5, 0.6) is 0 Å². The van der Waals surface area contributed by atoms with E-state index in [0.29, 0.717) is 12.7 Å². The molecular formula is C14H26O3. The summed E-state index contributed by atoms with van der Waals surface area (Å²) in [5, 5.41) is 0. The Bertz CT molecular complexity index is 206. The molecule has 3 heteroatoms. The molecule has 1 unspecified atom stereocenters. The van der Waals surface area contributed by atoms with Crippen molar-refractivity contribution in [1.29, 1.82) is 0 Å². The molecule has 3 nitrogen and oxygen atoms in total. The minimum atomic E-state index is -0.0212. The lowest BCUT2D eigenvalue weighted by Crippen LogP contribution is -2.17. The minimum absolute atomic E-state index is 0.0212. The molecule has 0 radical (unpaired) electrons. The summed E-state index contributed by atoms with van der Waals surface area (Å²) in [6.07, 6.45) is 7.80. The monoisotopic (exact) mass is 242 g/mol. The first-order valence-corrected chi connectivity index (χ1v) is 7.06. The van der Waals surface area contributed by atoms with Crippen LogP contribution in [-0.4, -0.2) is 25.3 Å². The van der Waals surface area contributed by atoms with E-state index in [1.54, 1.807) is 0 Å². The molecule has 0 N–H and O–H groups in total. The van der Waals surface area contributed by atoms with Gasteiger partial charge in [-0.15, -0.1) is 0 Å². The fourth-order valence-corrected chi connectivity index (χ4v) is 2.26. The predicted octanol–water partition coefficient (Wildman–Crippen LogP) is 3.32. The van der Waals surface area contributed by atoms with Crippen molar-refractivity contribution in [2.75, 3.05) is 13.2 Å². The summed E-state index contributed by atoms with van der Waals surface area (Å²) in [5.74, 6) is 0.0697. The van der Waals surface area contributed by atoms with Crippen LogP contribution in [0.4, 0.5) is 0 Å². The smallest absolute Gasteiger partial charge is 0.308 e. The summed E-state index contributed by atoms with van der Waals surface area (Å²) in [6.45, 7) is 5.57. The Balaban J connectivity index is 1.97. The van der Waals surface area contributed by atoms with Gasteiger partial charge in [-0.3, -0.25) is 4.79 Å². The second-order valence-corrected chi connectivity index (χ2v) is 4.81. The average Bonchev–Trinajstić information content (AvgIpc) is 2.83. The normalized spacial score (nSPS) is 19.8. The van der Waals surface area contributed by atoms with E-state index in [1.807, 2.05) is 13.8 Å². The second-order valence-electron chi connectivity index (χ2n) is 4.81. The third-order valence-corrected chi connectivity index (χ3v) is 3.51. The third-order valence-electron chi connectivity index (χ3n) is 3.51. The van der Waals surface area contributed by atoms with Gasteiger partial charge in [0.05, 0.1) is 18.6 Å². The van der Waals surface area contributed by atoms with Crippen LogP contribution in [-0.2, 0) is 14.3 Å². The van der Waals surface area contributed by atoms with Gasteiger partial charge in [0.15, 0.2) is 0 Å². The van der Waals surface area contributed by atoms with Crippen molar-refractivity contribution in [1.82, 2.24) is 0 Å². The Morgan fingerprint density at radius 3 is 2.71 bits per heavy atom. The first kappa shape index (κ1) is 14.5. The van der Waals surface area contributed by atoms with Gasteiger partial charge in [0.25, 0.3) is 0 Å². The quantitative estimate of drug-likeness (QED) is 0.484. The van der Waals surface area contributed by atoms with Crippen LogP contribution in [0.15, 0.2) is 0 Å². The van der Waals surface area contributed by atoms with Crippen molar-refractivity contribution in [3.8, 4) is 0 Å². The lowest BCUT2D eigenvalue weighted by molar-refractivity contribution is -0.148. The second kappa shape index (κ2) is 8.51. The van der Waals surface area contributed by atoms with Gasteiger partial charge < -0.3 is 9.47 Å². The van der Waals surface area contributed by atoms with Crippen LogP contribution in [0.3, 0.4) is 0 Å². The standard InChI is InChI=1S/C14H26O3/c1-3-12(4-2)14(15)17-10-6-5-8-13-9-7-11-16-13/h12-13H,3-11H2,1-2H3. The molecule has 1 aliphatic rings. The lowest BCUT2D eigenvalue weighted by atomic mass is 10.0. The van der Waals surface area contributed by atoms with Gasteiger partial charge in [0.1, 0.15) is 0 Å². The van der Waals surface area contributed by atoms with Gasteiger partial charge >= 0.3 is 5.97 Å². The minimum Gasteiger partial charge on any atom is -0.465 e. The Morgan fingerprint density at radius 2 is 2.12 bits per heavy atom. The number of unbranched alkanes of at least 4 members (excludes halogenated alkanes) is 1. The van der Waals surface area contributed by atoms with Crippen LogP contribution in [0.1, 0.15) is 58.8 Å². The van der Waals surface area contributed by atoms with Gasteiger partial charge in [-0.05, 0) is 44.9 Å². The molecule has 0 spiro atoms. The summed E-state index contributed by atoms with van der Waals surface area (Å²) < 4.78 is 10.8.